The molecule has 3 aromatic rings. The van der Waals surface area contributed by atoms with E-state index in [1.54, 1.807) is 36.7 Å². The molecule has 3 rings (SSSR count). The van der Waals surface area contributed by atoms with Gasteiger partial charge >= 0.3 is 0 Å². The van der Waals surface area contributed by atoms with Gasteiger partial charge in [0.25, 0.3) is 5.91 Å². The van der Waals surface area contributed by atoms with Crippen LogP contribution >= 0.6 is 11.3 Å². The molecule has 3 heterocycles. The van der Waals surface area contributed by atoms with Crippen LogP contribution in [0.25, 0.3) is 11.3 Å². The summed E-state index contributed by atoms with van der Waals surface area (Å²) in [5.74, 6) is 0.255. The van der Waals surface area contributed by atoms with Gasteiger partial charge in [-0.2, -0.15) is 0 Å². The van der Waals surface area contributed by atoms with E-state index in [9.17, 15) is 4.79 Å². The van der Waals surface area contributed by atoms with E-state index >= 15 is 0 Å². The van der Waals surface area contributed by atoms with Crippen molar-refractivity contribution < 1.29 is 9.32 Å². The number of amides is 1. The zero-order valence-electron chi connectivity index (χ0n) is 11.4. The van der Waals surface area contributed by atoms with Crippen molar-refractivity contribution >= 4 is 17.2 Å². The topological polar surface area (TPSA) is 68.0 Å². The summed E-state index contributed by atoms with van der Waals surface area (Å²) in [4.78, 5) is 17.5. The summed E-state index contributed by atoms with van der Waals surface area (Å²) in [5.41, 5.74) is 1.76. The van der Waals surface area contributed by atoms with E-state index < -0.39 is 0 Å². The van der Waals surface area contributed by atoms with Crippen LogP contribution in [0.3, 0.4) is 0 Å². The smallest absolute Gasteiger partial charge is 0.257 e. The summed E-state index contributed by atoms with van der Waals surface area (Å²) < 4.78 is 5.29. The standard InChI is InChI=1S/C15H13N3O2S/c1-10-13(15(19)17-9-12-5-3-7-21-12)14(20-18-10)11-4-2-6-16-8-11/h2-8H,9H2,1H3,(H,17,19). The van der Waals surface area contributed by atoms with Gasteiger partial charge in [0.05, 0.1) is 12.2 Å². The van der Waals surface area contributed by atoms with Gasteiger partial charge < -0.3 is 9.84 Å². The van der Waals surface area contributed by atoms with E-state index in [2.05, 4.69) is 15.5 Å². The first-order chi connectivity index (χ1) is 10.3. The molecule has 5 nitrogen and oxygen atoms in total. The van der Waals surface area contributed by atoms with E-state index in [1.807, 2.05) is 23.6 Å². The molecule has 0 aliphatic rings. The van der Waals surface area contributed by atoms with Gasteiger partial charge in [-0.3, -0.25) is 9.78 Å². The fourth-order valence-electron chi connectivity index (χ4n) is 2.00. The minimum Gasteiger partial charge on any atom is -0.355 e. The zero-order chi connectivity index (χ0) is 14.7. The molecule has 106 valence electrons. The molecule has 1 N–H and O–H groups in total. The molecule has 0 fully saturated rings. The van der Waals surface area contributed by atoms with Crippen molar-refractivity contribution in [2.45, 2.75) is 13.5 Å². The van der Waals surface area contributed by atoms with E-state index in [4.69, 9.17) is 4.52 Å². The fourth-order valence-corrected chi connectivity index (χ4v) is 2.64. The third-order valence-corrected chi connectivity index (χ3v) is 3.89. The highest BCUT2D eigenvalue weighted by Crippen LogP contribution is 2.25. The maximum atomic E-state index is 12.4. The van der Waals surface area contributed by atoms with Crippen LogP contribution in [0, 0.1) is 6.92 Å². The van der Waals surface area contributed by atoms with Crippen LogP contribution in [0.5, 0.6) is 0 Å². The van der Waals surface area contributed by atoms with E-state index in [0.29, 0.717) is 23.6 Å². The molecule has 6 heteroatoms. The molecule has 0 saturated heterocycles. The molecule has 0 atom stereocenters. The van der Waals surface area contributed by atoms with Crippen LogP contribution in [0.1, 0.15) is 20.9 Å². The highest BCUT2D eigenvalue weighted by Gasteiger charge is 2.21. The molecule has 0 aliphatic heterocycles. The molecular weight excluding hydrogens is 286 g/mol. The van der Waals surface area contributed by atoms with Gasteiger partial charge in [-0.1, -0.05) is 11.2 Å². The number of aromatic nitrogens is 2. The zero-order valence-corrected chi connectivity index (χ0v) is 12.2. The number of nitrogens with zero attached hydrogens (tertiary/aromatic N) is 2. The van der Waals surface area contributed by atoms with Crippen molar-refractivity contribution in [1.29, 1.82) is 0 Å². The molecule has 0 unspecified atom stereocenters. The molecule has 0 aromatic carbocycles. The lowest BCUT2D eigenvalue weighted by Crippen LogP contribution is -2.23. The van der Waals surface area contributed by atoms with Crippen molar-refractivity contribution in [2.75, 3.05) is 0 Å². The molecule has 0 spiro atoms. The molecule has 0 saturated carbocycles. The molecule has 3 aromatic heterocycles. The monoisotopic (exact) mass is 299 g/mol. The Morgan fingerprint density at radius 2 is 2.29 bits per heavy atom. The van der Waals surface area contributed by atoms with Gasteiger partial charge in [0.1, 0.15) is 5.56 Å². The number of nitrogens with one attached hydrogen (secondary N) is 1. The lowest BCUT2D eigenvalue weighted by atomic mass is 10.1. The van der Waals surface area contributed by atoms with Gasteiger partial charge in [-0.05, 0) is 30.5 Å². The molecule has 0 radical (unpaired) electrons. The first-order valence-electron chi connectivity index (χ1n) is 6.43. The van der Waals surface area contributed by atoms with Crippen molar-refractivity contribution in [3.63, 3.8) is 0 Å². The number of hydrogen-bond acceptors (Lipinski definition) is 5. The summed E-state index contributed by atoms with van der Waals surface area (Å²) >= 11 is 1.60. The predicted molar refractivity (Wildman–Crippen MR) is 80.0 cm³/mol. The lowest BCUT2D eigenvalue weighted by Gasteiger charge is -2.04. The van der Waals surface area contributed by atoms with Crippen molar-refractivity contribution in [2.24, 2.45) is 0 Å². The fraction of sp³-hybridized carbons (Fsp3) is 0.133. The summed E-state index contributed by atoms with van der Waals surface area (Å²) in [6.07, 6.45) is 3.32. The maximum absolute atomic E-state index is 12.4. The molecule has 21 heavy (non-hydrogen) atoms. The van der Waals surface area contributed by atoms with Gasteiger partial charge in [0.2, 0.25) is 0 Å². The van der Waals surface area contributed by atoms with Gasteiger partial charge in [0, 0.05) is 22.8 Å². The first kappa shape index (κ1) is 13.5. The maximum Gasteiger partial charge on any atom is 0.257 e. The Kier molecular flexibility index (Phi) is 3.79. The van der Waals surface area contributed by atoms with Gasteiger partial charge in [-0.15, -0.1) is 11.3 Å². The largest absolute Gasteiger partial charge is 0.355 e. The van der Waals surface area contributed by atoms with Crippen LogP contribution in [0.15, 0.2) is 46.6 Å². The Hall–Kier alpha value is -2.47. The van der Waals surface area contributed by atoms with Crippen molar-refractivity contribution in [3.05, 3.63) is 58.2 Å². The van der Waals surface area contributed by atoms with Crippen LogP contribution in [-0.2, 0) is 6.54 Å². The quantitative estimate of drug-likeness (QED) is 0.804. The average molecular weight is 299 g/mol. The number of rotatable bonds is 4. The third-order valence-electron chi connectivity index (χ3n) is 3.02. The Morgan fingerprint density at radius 3 is 3.00 bits per heavy atom. The minimum atomic E-state index is -0.194. The molecule has 0 aliphatic carbocycles. The van der Waals surface area contributed by atoms with Crippen LogP contribution in [0.2, 0.25) is 0 Å². The number of pyridine rings is 1. The second kappa shape index (κ2) is 5.88. The molecule has 1 amide bonds. The second-order valence-corrected chi connectivity index (χ2v) is 5.51. The number of aryl methyl sites for hydroxylation is 1. The second-order valence-electron chi connectivity index (χ2n) is 4.48. The van der Waals surface area contributed by atoms with E-state index in [1.165, 1.54) is 0 Å². The first-order valence-corrected chi connectivity index (χ1v) is 7.31. The predicted octanol–water partition coefficient (Wildman–Crippen LogP) is 3.04. The van der Waals surface area contributed by atoms with Gasteiger partial charge in [-0.25, -0.2) is 0 Å². The van der Waals surface area contributed by atoms with Crippen LogP contribution in [-0.4, -0.2) is 16.0 Å². The Bertz CT molecular complexity index is 736. The number of thiophene rings is 1. The van der Waals surface area contributed by atoms with Gasteiger partial charge in [0.15, 0.2) is 5.76 Å². The lowest BCUT2D eigenvalue weighted by molar-refractivity contribution is 0.0951. The Morgan fingerprint density at radius 1 is 1.38 bits per heavy atom. The highest BCUT2D eigenvalue weighted by atomic mass is 32.1. The summed E-state index contributed by atoms with van der Waals surface area (Å²) in [7, 11) is 0. The minimum absolute atomic E-state index is 0.194. The SMILES string of the molecule is Cc1noc(-c2cccnc2)c1C(=O)NCc1cccs1. The van der Waals surface area contributed by atoms with E-state index in [0.717, 1.165) is 10.4 Å². The number of hydrogen-bond donors (Lipinski definition) is 1. The summed E-state index contributed by atoms with van der Waals surface area (Å²) in [5, 5.41) is 8.77. The Balaban J connectivity index is 1.84. The van der Waals surface area contributed by atoms with Crippen molar-refractivity contribution in [3.8, 4) is 11.3 Å². The third kappa shape index (κ3) is 2.85. The van der Waals surface area contributed by atoms with E-state index in [-0.39, 0.29) is 5.91 Å². The van der Waals surface area contributed by atoms with Crippen molar-refractivity contribution in [1.82, 2.24) is 15.5 Å². The normalized spacial score (nSPS) is 10.5. The summed E-state index contributed by atoms with van der Waals surface area (Å²) in [6, 6.07) is 7.56. The van der Waals surface area contributed by atoms with Crippen LogP contribution < -0.4 is 5.32 Å². The molecular formula is C15H13N3O2S. The number of carbonyl (C=O) groups is 1. The number of carbonyl (C=O) groups excluding carboxylic acids is 1. The Labute approximate surface area is 125 Å². The van der Waals surface area contributed by atoms with Crippen LogP contribution in [0.4, 0.5) is 0 Å². The highest BCUT2D eigenvalue weighted by molar-refractivity contribution is 7.09. The summed E-state index contributed by atoms with van der Waals surface area (Å²) in [6.45, 7) is 2.25. The average Bonchev–Trinajstić information content (AvgIpc) is 3.15. The molecule has 0 bridgehead atoms.